The van der Waals surface area contributed by atoms with E-state index in [2.05, 4.69) is 32.0 Å². The van der Waals surface area contributed by atoms with Gasteiger partial charge in [0.2, 0.25) is 5.91 Å². The minimum Gasteiger partial charge on any atom is -0.310 e. The van der Waals surface area contributed by atoms with Gasteiger partial charge in [0.1, 0.15) is 22.6 Å². The molecule has 2 rings (SSSR count). The number of rotatable bonds is 4. The van der Waals surface area contributed by atoms with E-state index in [1.807, 2.05) is 19.9 Å². The Morgan fingerprint density at radius 2 is 2.23 bits per heavy atom. The molecule has 1 heterocycles. The SMILES string of the molecule is C=NC(=N/C(C)=C\C)[C@H]1C[C@@H]1C(=O)Nc1cc(Cl)nc(C)n1. The number of amidine groups is 1. The highest BCUT2D eigenvalue weighted by atomic mass is 35.5. The summed E-state index contributed by atoms with van der Waals surface area (Å²) in [6.07, 6.45) is 2.59. The monoisotopic (exact) mass is 319 g/mol. The second-order valence-corrected chi connectivity index (χ2v) is 5.51. The third-order valence-corrected chi connectivity index (χ3v) is 3.58. The van der Waals surface area contributed by atoms with Gasteiger partial charge in [-0.15, -0.1) is 0 Å². The molecule has 1 aromatic rings. The van der Waals surface area contributed by atoms with Gasteiger partial charge in [0.25, 0.3) is 0 Å². The number of aliphatic imine (C=N–C) groups is 2. The number of hydrogen-bond donors (Lipinski definition) is 1. The fourth-order valence-electron chi connectivity index (χ4n) is 2.07. The molecule has 1 saturated carbocycles. The molecule has 1 N–H and O–H groups in total. The first kappa shape index (κ1) is 16.3. The Labute approximate surface area is 134 Å². The van der Waals surface area contributed by atoms with Gasteiger partial charge < -0.3 is 5.32 Å². The topological polar surface area (TPSA) is 79.6 Å². The second kappa shape index (κ2) is 6.79. The standard InChI is InChI=1S/C15H18ClN5O/c1-5-8(2)18-14(17-4)10-6-11(10)15(22)21-13-7-12(16)19-9(3)20-13/h5,7,10-11H,4,6H2,1-3H3,(H,19,20,21,22)/b8-5-,18-14?/t10-,11-/m0/s1. The number of aromatic nitrogens is 2. The van der Waals surface area contributed by atoms with Crippen molar-refractivity contribution in [3.05, 3.63) is 28.8 Å². The fourth-order valence-corrected chi connectivity index (χ4v) is 2.29. The van der Waals surface area contributed by atoms with Crippen LogP contribution in [-0.2, 0) is 4.79 Å². The zero-order chi connectivity index (χ0) is 16.3. The van der Waals surface area contributed by atoms with Crippen molar-refractivity contribution in [3.8, 4) is 0 Å². The number of hydrogen-bond acceptors (Lipinski definition) is 4. The maximum absolute atomic E-state index is 12.2. The Kier molecular flexibility index (Phi) is 5.03. The summed E-state index contributed by atoms with van der Waals surface area (Å²) in [5.41, 5.74) is 0.853. The Balaban J connectivity index is 2.04. The number of halogens is 1. The largest absolute Gasteiger partial charge is 0.310 e. The number of carbonyl (C=O) groups excluding carboxylic acids is 1. The van der Waals surface area contributed by atoms with Crippen molar-refractivity contribution in [1.82, 2.24) is 9.97 Å². The molecular weight excluding hydrogens is 302 g/mol. The Hall–Kier alpha value is -2.08. The maximum Gasteiger partial charge on any atom is 0.229 e. The average molecular weight is 320 g/mol. The number of carbonyl (C=O) groups is 1. The molecule has 0 bridgehead atoms. The lowest BCUT2D eigenvalue weighted by atomic mass is 10.2. The zero-order valence-electron chi connectivity index (χ0n) is 12.8. The lowest BCUT2D eigenvalue weighted by molar-refractivity contribution is -0.117. The van der Waals surface area contributed by atoms with Gasteiger partial charge >= 0.3 is 0 Å². The minimum atomic E-state index is -0.164. The quantitative estimate of drug-likeness (QED) is 0.526. The number of aryl methyl sites for hydroxylation is 1. The number of allylic oxidation sites excluding steroid dienone is 2. The van der Waals surface area contributed by atoms with Crippen LogP contribution < -0.4 is 5.32 Å². The van der Waals surface area contributed by atoms with Crippen LogP contribution in [0.15, 0.2) is 27.8 Å². The van der Waals surface area contributed by atoms with Gasteiger partial charge in [-0.1, -0.05) is 17.7 Å². The molecule has 116 valence electrons. The molecule has 22 heavy (non-hydrogen) atoms. The second-order valence-electron chi connectivity index (χ2n) is 5.12. The van der Waals surface area contributed by atoms with Gasteiger partial charge in [-0.05, 0) is 33.9 Å². The minimum absolute atomic E-state index is 0.00538. The van der Waals surface area contributed by atoms with Crippen LogP contribution in [0.1, 0.15) is 26.1 Å². The van der Waals surface area contributed by atoms with Crippen LogP contribution >= 0.6 is 11.6 Å². The van der Waals surface area contributed by atoms with Crippen molar-refractivity contribution in [2.24, 2.45) is 21.8 Å². The van der Waals surface area contributed by atoms with Crippen LogP contribution in [0, 0.1) is 18.8 Å². The first-order chi connectivity index (χ1) is 10.4. The summed E-state index contributed by atoms with van der Waals surface area (Å²) in [4.78, 5) is 28.6. The van der Waals surface area contributed by atoms with Gasteiger partial charge in [-0.2, -0.15) is 0 Å². The van der Waals surface area contributed by atoms with E-state index in [1.54, 1.807) is 6.92 Å². The van der Waals surface area contributed by atoms with E-state index >= 15 is 0 Å². The summed E-state index contributed by atoms with van der Waals surface area (Å²) in [7, 11) is 0. The van der Waals surface area contributed by atoms with Crippen molar-refractivity contribution in [3.63, 3.8) is 0 Å². The Morgan fingerprint density at radius 3 is 2.82 bits per heavy atom. The highest BCUT2D eigenvalue weighted by Gasteiger charge is 2.46. The van der Waals surface area contributed by atoms with E-state index in [0.717, 1.165) is 5.70 Å². The summed E-state index contributed by atoms with van der Waals surface area (Å²) in [5, 5.41) is 3.06. The van der Waals surface area contributed by atoms with Crippen LogP contribution in [-0.4, -0.2) is 28.4 Å². The summed E-state index contributed by atoms with van der Waals surface area (Å²) in [6, 6.07) is 1.52. The predicted octanol–water partition coefficient (Wildman–Crippen LogP) is 3.04. The van der Waals surface area contributed by atoms with Gasteiger partial charge in [-0.25, -0.2) is 20.0 Å². The van der Waals surface area contributed by atoms with Gasteiger partial charge in [0, 0.05) is 23.6 Å². The molecule has 0 radical (unpaired) electrons. The Morgan fingerprint density at radius 1 is 1.50 bits per heavy atom. The van der Waals surface area contributed by atoms with Gasteiger partial charge in [0.05, 0.1) is 0 Å². The van der Waals surface area contributed by atoms with E-state index in [4.69, 9.17) is 11.6 Å². The molecule has 2 atom stereocenters. The normalized spacial score (nSPS) is 21.5. The summed E-state index contributed by atoms with van der Waals surface area (Å²) in [5.74, 6) is 1.24. The van der Waals surface area contributed by atoms with Crippen molar-refractivity contribution in [1.29, 1.82) is 0 Å². The molecule has 0 unspecified atom stereocenters. The van der Waals surface area contributed by atoms with E-state index in [9.17, 15) is 4.79 Å². The first-order valence-electron chi connectivity index (χ1n) is 6.95. The van der Waals surface area contributed by atoms with Gasteiger partial charge in [0.15, 0.2) is 0 Å². The van der Waals surface area contributed by atoms with E-state index < -0.39 is 0 Å². The smallest absolute Gasteiger partial charge is 0.229 e. The molecule has 7 heteroatoms. The molecule has 1 fully saturated rings. The number of anilines is 1. The van der Waals surface area contributed by atoms with Crippen LogP contribution in [0.2, 0.25) is 5.15 Å². The predicted molar refractivity (Wildman–Crippen MR) is 88.4 cm³/mol. The Bertz CT molecular complexity index is 648. The third-order valence-electron chi connectivity index (χ3n) is 3.39. The molecule has 0 aliphatic heterocycles. The lowest BCUT2D eigenvalue weighted by Crippen LogP contribution is -2.17. The van der Waals surface area contributed by atoms with E-state index in [0.29, 0.717) is 29.1 Å². The average Bonchev–Trinajstić information content (AvgIpc) is 3.23. The number of nitrogens with zero attached hydrogens (tertiary/aromatic N) is 4. The van der Waals surface area contributed by atoms with Crippen LogP contribution in [0.5, 0.6) is 0 Å². The third kappa shape index (κ3) is 3.98. The number of nitrogens with one attached hydrogen (secondary N) is 1. The molecule has 0 saturated heterocycles. The van der Waals surface area contributed by atoms with Crippen LogP contribution in [0.4, 0.5) is 5.82 Å². The summed E-state index contributed by atoms with van der Waals surface area (Å²) >= 11 is 5.85. The van der Waals surface area contributed by atoms with Crippen molar-refractivity contribution in [2.45, 2.75) is 27.2 Å². The first-order valence-corrected chi connectivity index (χ1v) is 7.32. The van der Waals surface area contributed by atoms with Crippen molar-refractivity contribution >= 4 is 35.9 Å². The van der Waals surface area contributed by atoms with Crippen LogP contribution in [0.3, 0.4) is 0 Å². The van der Waals surface area contributed by atoms with E-state index in [-0.39, 0.29) is 17.7 Å². The maximum atomic E-state index is 12.2. The summed E-state index contributed by atoms with van der Waals surface area (Å²) in [6.45, 7) is 9.03. The van der Waals surface area contributed by atoms with Crippen molar-refractivity contribution in [2.75, 3.05) is 5.32 Å². The lowest BCUT2D eigenvalue weighted by Gasteiger charge is -2.05. The molecule has 1 amide bonds. The molecule has 1 aromatic heterocycles. The fraction of sp³-hybridized carbons (Fsp3) is 0.400. The van der Waals surface area contributed by atoms with E-state index in [1.165, 1.54) is 6.07 Å². The highest BCUT2D eigenvalue weighted by Crippen LogP contribution is 2.41. The molecule has 0 spiro atoms. The van der Waals surface area contributed by atoms with Crippen LogP contribution in [0.25, 0.3) is 0 Å². The zero-order valence-corrected chi connectivity index (χ0v) is 13.6. The molecule has 6 nitrogen and oxygen atoms in total. The van der Waals surface area contributed by atoms with Gasteiger partial charge in [-0.3, -0.25) is 4.79 Å². The molecular formula is C15H18ClN5O. The molecule has 1 aliphatic carbocycles. The molecule has 1 aliphatic rings. The number of amides is 1. The highest BCUT2D eigenvalue weighted by molar-refractivity contribution is 6.29. The molecule has 0 aromatic carbocycles. The van der Waals surface area contributed by atoms with Crippen molar-refractivity contribution < 1.29 is 4.79 Å². The summed E-state index contributed by atoms with van der Waals surface area (Å²) < 4.78 is 0.